The van der Waals surface area contributed by atoms with E-state index in [0.29, 0.717) is 6.42 Å². The summed E-state index contributed by atoms with van der Waals surface area (Å²) in [5.74, 6) is -1.86. The highest BCUT2D eigenvalue weighted by molar-refractivity contribution is 5.96. The topological polar surface area (TPSA) is 86.6 Å². The van der Waals surface area contributed by atoms with E-state index in [9.17, 15) is 14.7 Å². The van der Waals surface area contributed by atoms with Crippen molar-refractivity contribution in [3.8, 4) is 5.75 Å². The Morgan fingerprint density at radius 2 is 2.06 bits per heavy atom. The number of aryl methyl sites for hydroxylation is 1. The maximum absolute atomic E-state index is 11.7. The molecular formula is C13H17NO4. The molecule has 0 spiro atoms. The molecule has 0 aromatic heterocycles. The molecule has 1 rings (SSSR count). The molecule has 0 saturated heterocycles. The summed E-state index contributed by atoms with van der Waals surface area (Å²) in [6.07, 6.45) is 0.355. The SMILES string of the molecule is Cc1ccc(C(=O)NCCC(C)C(=O)O)c(O)c1. The van der Waals surface area contributed by atoms with E-state index in [1.807, 2.05) is 6.92 Å². The van der Waals surface area contributed by atoms with Crippen molar-refractivity contribution in [1.29, 1.82) is 0 Å². The Morgan fingerprint density at radius 1 is 1.39 bits per heavy atom. The lowest BCUT2D eigenvalue weighted by Gasteiger charge is -2.09. The fourth-order valence-electron chi connectivity index (χ4n) is 1.45. The Kier molecular flexibility index (Phi) is 4.71. The second-order valence-electron chi connectivity index (χ2n) is 4.30. The Morgan fingerprint density at radius 3 is 2.61 bits per heavy atom. The van der Waals surface area contributed by atoms with Gasteiger partial charge in [-0.2, -0.15) is 0 Å². The molecule has 0 aliphatic heterocycles. The Bertz CT molecular complexity index is 456. The van der Waals surface area contributed by atoms with E-state index in [1.165, 1.54) is 6.07 Å². The Balaban J connectivity index is 2.53. The number of amides is 1. The Hall–Kier alpha value is -2.04. The highest BCUT2D eigenvalue weighted by Gasteiger charge is 2.13. The molecule has 0 saturated carbocycles. The first-order valence-electron chi connectivity index (χ1n) is 5.72. The summed E-state index contributed by atoms with van der Waals surface area (Å²) < 4.78 is 0. The predicted octanol–water partition coefficient (Wildman–Crippen LogP) is 1.54. The van der Waals surface area contributed by atoms with E-state index in [2.05, 4.69) is 5.32 Å². The third-order valence-corrected chi connectivity index (χ3v) is 2.68. The second-order valence-corrected chi connectivity index (χ2v) is 4.30. The second kappa shape index (κ2) is 6.05. The largest absolute Gasteiger partial charge is 0.507 e. The van der Waals surface area contributed by atoms with E-state index in [1.54, 1.807) is 19.1 Å². The van der Waals surface area contributed by atoms with Gasteiger partial charge in [-0.3, -0.25) is 9.59 Å². The lowest BCUT2D eigenvalue weighted by Crippen LogP contribution is -2.27. The van der Waals surface area contributed by atoms with Gasteiger partial charge in [-0.05, 0) is 31.0 Å². The number of carbonyl (C=O) groups excluding carboxylic acids is 1. The third-order valence-electron chi connectivity index (χ3n) is 2.68. The zero-order valence-electron chi connectivity index (χ0n) is 10.4. The molecule has 1 aromatic rings. The fourth-order valence-corrected chi connectivity index (χ4v) is 1.45. The molecule has 3 N–H and O–H groups in total. The van der Waals surface area contributed by atoms with Gasteiger partial charge in [0.05, 0.1) is 11.5 Å². The van der Waals surface area contributed by atoms with E-state index in [4.69, 9.17) is 5.11 Å². The zero-order chi connectivity index (χ0) is 13.7. The van der Waals surface area contributed by atoms with Crippen molar-refractivity contribution >= 4 is 11.9 Å². The van der Waals surface area contributed by atoms with Gasteiger partial charge in [0.15, 0.2) is 0 Å². The molecule has 1 amide bonds. The lowest BCUT2D eigenvalue weighted by atomic mass is 10.1. The molecule has 0 heterocycles. The van der Waals surface area contributed by atoms with Crippen molar-refractivity contribution in [1.82, 2.24) is 5.32 Å². The van der Waals surface area contributed by atoms with Gasteiger partial charge in [-0.25, -0.2) is 0 Å². The van der Waals surface area contributed by atoms with Crippen molar-refractivity contribution in [2.24, 2.45) is 5.92 Å². The van der Waals surface area contributed by atoms with Crippen molar-refractivity contribution in [2.75, 3.05) is 6.54 Å². The fraction of sp³-hybridized carbons (Fsp3) is 0.385. The number of aliphatic carboxylic acids is 1. The molecule has 5 heteroatoms. The molecule has 98 valence electrons. The van der Waals surface area contributed by atoms with Gasteiger partial charge in [0.25, 0.3) is 5.91 Å². The number of carboxylic acids is 1. The minimum atomic E-state index is -0.887. The number of aromatic hydroxyl groups is 1. The third kappa shape index (κ3) is 3.76. The van der Waals surface area contributed by atoms with Crippen LogP contribution in [0.1, 0.15) is 29.3 Å². The van der Waals surface area contributed by atoms with Crippen LogP contribution in [0.5, 0.6) is 5.75 Å². The molecule has 1 unspecified atom stereocenters. The van der Waals surface area contributed by atoms with Crippen LogP contribution in [0.15, 0.2) is 18.2 Å². The molecule has 0 radical (unpaired) electrons. The normalized spacial score (nSPS) is 11.9. The van der Waals surface area contributed by atoms with Gasteiger partial charge in [0.2, 0.25) is 0 Å². The summed E-state index contributed by atoms with van der Waals surface area (Å²) in [4.78, 5) is 22.3. The van der Waals surface area contributed by atoms with E-state index >= 15 is 0 Å². The average molecular weight is 251 g/mol. The number of phenolic OH excluding ortho intramolecular Hbond substituents is 1. The summed E-state index contributed by atoms with van der Waals surface area (Å²) in [7, 11) is 0. The summed E-state index contributed by atoms with van der Waals surface area (Å²) in [5, 5.41) is 20.9. The summed E-state index contributed by atoms with van der Waals surface area (Å²) in [6.45, 7) is 3.66. The van der Waals surface area contributed by atoms with Crippen LogP contribution >= 0.6 is 0 Å². The first kappa shape index (κ1) is 14.0. The summed E-state index contributed by atoms with van der Waals surface area (Å²) >= 11 is 0. The average Bonchev–Trinajstić information content (AvgIpc) is 2.28. The number of phenols is 1. The number of hydrogen-bond acceptors (Lipinski definition) is 3. The van der Waals surface area contributed by atoms with Crippen molar-refractivity contribution in [2.45, 2.75) is 20.3 Å². The van der Waals surface area contributed by atoms with Gasteiger partial charge < -0.3 is 15.5 Å². The smallest absolute Gasteiger partial charge is 0.306 e. The summed E-state index contributed by atoms with van der Waals surface area (Å²) in [5.41, 5.74) is 1.06. The van der Waals surface area contributed by atoms with Gasteiger partial charge in [-0.1, -0.05) is 13.0 Å². The first-order valence-corrected chi connectivity index (χ1v) is 5.72. The Labute approximate surface area is 105 Å². The van der Waals surface area contributed by atoms with Crippen LogP contribution in [0.2, 0.25) is 0 Å². The zero-order valence-corrected chi connectivity index (χ0v) is 10.4. The molecule has 1 atom stereocenters. The quantitative estimate of drug-likeness (QED) is 0.740. The maximum atomic E-state index is 11.7. The molecule has 0 aliphatic carbocycles. The standard InChI is InChI=1S/C13H17NO4/c1-8-3-4-10(11(15)7-8)12(16)14-6-5-9(2)13(17)18/h3-4,7,9,15H,5-6H2,1-2H3,(H,14,16)(H,17,18). The number of benzene rings is 1. The minimum Gasteiger partial charge on any atom is -0.507 e. The number of nitrogens with one attached hydrogen (secondary N) is 1. The van der Waals surface area contributed by atoms with Crippen LogP contribution in [-0.2, 0) is 4.79 Å². The van der Waals surface area contributed by atoms with Gasteiger partial charge in [0.1, 0.15) is 5.75 Å². The molecule has 18 heavy (non-hydrogen) atoms. The number of rotatable bonds is 5. The van der Waals surface area contributed by atoms with E-state index < -0.39 is 17.8 Å². The monoisotopic (exact) mass is 251 g/mol. The summed E-state index contributed by atoms with van der Waals surface area (Å²) in [6, 6.07) is 4.78. The van der Waals surface area contributed by atoms with Crippen LogP contribution < -0.4 is 5.32 Å². The van der Waals surface area contributed by atoms with Gasteiger partial charge in [-0.15, -0.1) is 0 Å². The van der Waals surface area contributed by atoms with Crippen molar-refractivity contribution in [3.05, 3.63) is 29.3 Å². The molecular weight excluding hydrogens is 234 g/mol. The van der Waals surface area contributed by atoms with Crippen LogP contribution in [0, 0.1) is 12.8 Å². The van der Waals surface area contributed by atoms with Crippen LogP contribution in [0.25, 0.3) is 0 Å². The van der Waals surface area contributed by atoms with Gasteiger partial charge >= 0.3 is 5.97 Å². The minimum absolute atomic E-state index is 0.0706. The molecule has 0 fully saturated rings. The van der Waals surface area contributed by atoms with Crippen molar-refractivity contribution < 1.29 is 19.8 Å². The highest BCUT2D eigenvalue weighted by atomic mass is 16.4. The molecule has 0 aliphatic rings. The van der Waals surface area contributed by atoms with Crippen LogP contribution in [-0.4, -0.2) is 28.6 Å². The number of carboxylic acid groups (broad SMARTS) is 1. The van der Waals surface area contributed by atoms with Crippen LogP contribution in [0.3, 0.4) is 0 Å². The number of carbonyl (C=O) groups is 2. The molecule has 0 bridgehead atoms. The highest BCUT2D eigenvalue weighted by Crippen LogP contribution is 2.18. The lowest BCUT2D eigenvalue weighted by molar-refractivity contribution is -0.141. The molecule has 1 aromatic carbocycles. The van der Waals surface area contributed by atoms with Crippen molar-refractivity contribution in [3.63, 3.8) is 0 Å². The predicted molar refractivity (Wildman–Crippen MR) is 66.6 cm³/mol. The first-order chi connectivity index (χ1) is 8.41. The van der Waals surface area contributed by atoms with E-state index in [0.717, 1.165) is 5.56 Å². The van der Waals surface area contributed by atoms with Gasteiger partial charge in [0, 0.05) is 6.54 Å². The van der Waals surface area contributed by atoms with Crippen LogP contribution in [0.4, 0.5) is 0 Å². The molecule has 5 nitrogen and oxygen atoms in total. The number of hydrogen-bond donors (Lipinski definition) is 3. The maximum Gasteiger partial charge on any atom is 0.306 e. The van der Waals surface area contributed by atoms with E-state index in [-0.39, 0.29) is 17.9 Å².